The molecular formula is C6H11BrO. The van der Waals surface area contributed by atoms with E-state index in [4.69, 9.17) is 4.74 Å². The van der Waals surface area contributed by atoms with Crippen LogP contribution in [0.15, 0.2) is 0 Å². The zero-order chi connectivity index (χ0) is 6.20. The molecule has 1 aliphatic carbocycles. The third kappa shape index (κ3) is 1.06. The fourth-order valence-electron chi connectivity index (χ4n) is 0.830. The van der Waals surface area contributed by atoms with E-state index in [1.54, 1.807) is 7.11 Å². The number of alkyl halides is 1. The van der Waals surface area contributed by atoms with Crippen LogP contribution in [0.4, 0.5) is 0 Å². The maximum atomic E-state index is 5.01. The summed E-state index contributed by atoms with van der Waals surface area (Å²) in [7, 11) is 1.75. The molecule has 2 atom stereocenters. The largest absolute Gasteiger partial charge is 0.384 e. The number of halogens is 1. The minimum atomic E-state index is 0.453. The van der Waals surface area contributed by atoms with Crippen molar-refractivity contribution in [2.24, 2.45) is 5.41 Å². The molecule has 0 N–H and O–H groups in total. The van der Waals surface area contributed by atoms with Gasteiger partial charge in [0.2, 0.25) is 0 Å². The first-order chi connectivity index (χ1) is 3.69. The Morgan fingerprint density at radius 1 is 1.88 bits per heavy atom. The molecule has 2 heteroatoms. The van der Waals surface area contributed by atoms with E-state index >= 15 is 0 Å². The van der Waals surface area contributed by atoms with Gasteiger partial charge in [-0.2, -0.15) is 0 Å². The highest BCUT2D eigenvalue weighted by atomic mass is 79.9. The molecule has 0 aromatic heterocycles. The van der Waals surface area contributed by atoms with Gasteiger partial charge in [-0.1, -0.05) is 22.9 Å². The molecule has 0 spiro atoms. The van der Waals surface area contributed by atoms with Gasteiger partial charge < -0.3 is 4.74 Å². The van der Waals surface area contributed by atoms with E-state index in [1.807, 2.05) is 0 Å². The van der Waals surface area contributed by atoms with Crippen LogP contribution in [0.1, 0.15) is 13.3 Å². The number of methoxy groups -OCH3 is 1. The van der Waals surface area contributed by atoms with Gasteiger partial charge in [-0.3, -0.25) is 0 Å². The Bertz CT molecular complexity index is 94.5. The van der Waals surface area contributed by atoms with Crippen molar-refractivity contribution >= 4 is 15.9 Å². The Labute approximate surface area is 58.5 Å². The van der Waals surface area contributed by atoms with E-state index in [0.29, 0.717) is 10.2 Å². The molecule has 0 aliphatic heterocycles. The predicted molar refractivity (Wildman–Crippen MR) is 37.3 cm³/mol. The fraction of sp³-hybridized carbons (Fsp3) is 1.00. The van der Waals surface area contributed by atoms with Gasteiger partial charge in [0.25, 0.3) is 0 Å². The van der Waals surface area contributed by atoms with Gasteiger partial charge in [0.05, 0.1) is 6.61 Å². The molecule has 1 saturated carbocycles. The molecule has 0 amide bonds. The van der Waals surface area contributed by atoms with Gasteiger partial charge >= 0.3 is 0 Å². The Morgan fingerprint density at radius 3 is 2.50 bits per heavy atom. The molecule has 1 aliphatic rings. The molecule has 1 rings (SSSR count). The van der Waals surface area contributed by atoms with Crippen LogP contribution in [-0.2, 0) is 4.74 Å². The van der Waals surface area contributed by atoms with E-state index in [9.17, 15) is 0 Å². The first-order valence-corrected chi connectivity index (χ1v) is 3.73. The smallest absolute Gasteiger partial charge is 0.0527 e. The summed E-state index contributed by atoms with van der Waals surface area (Å²) in [4.78, 5) is 0.704. The molecule has 0 bridgehead atoms. The second-order valence-corrected chi connectivity index (χ2v) is 3.86. The van der Waals surface area contributed by atoms with E-state index < -0.39 is 0 Å². The molecule has 0 radical (unpaired) electrons. The lowest BCUT2D eigenvalue weighted by Crippen LogP contribution is -2.05. The summed E-state index contributed by atoms with van der Waals surface area (Å²) in [5.74, 6) is 0. The number of rotatable bonds is 2. The molecule has 1 fully saturated rings. The van der Waals surface area contributed by atoms with Crippen molar-refractivity contribution in [3.63, 3.8) is 0 Å². The van der Waals surface area contributed by atoms with Crippen LogP contribution in [0.3, 0.4) is 0 Å². The normalized spacial score (nSPS) is 44.6. The summed E-state index contributed by atoms with van der Waals surface area (Å²) in [5.41, 5.74) is 0.453. The Hall–Kier alpha value is 0.440. The highest BCUT2D eigenvalue weighted by Gasteiger charge is 2.48. The van der Waals surface area contributed by atoms with E-state index in [2.05, 4.69) is 22.9 Å². The van der Waals surface area contributed by atoms with E-state index in [-0.39, 0.29) is 0 Å². The number of hydrogen-bond donors (Lipinski definition) is 0. The minimum absolute atomic E-state index is 0.453. The Balaban J connectivity index is 2.25. The zero-order valence-corrected chi connectivity index (χ0v) is 6.86. The lowest BCUT2D eigenvalue weighted by atomic mass is 10.2. The average Bonchev–Trinajstić information content (AvgIpc) is 2.16. The molecule has 8 heavy (non-hydrogen) atoms. The molecule has 0 aromatic rings. The van der Waals surface area contributed by atoms with E-state index in [0.717, 1.165) is 6.61 Å². The van der Waals surface area contributed by atoms with Crippen molar-refractivity contribution in [1.29, 1.82) is 0 Å². The second-order valence-electron chi connectivity index (χ2n) is 2.76. The molecule has 0 heterocycles. The second kappa shape index (κ2) is 1.99. The Morgan fingerprint density at radius 2 is 2.38 bits per heavy atom. The van der Waals surface area contributed by atoms with Crippen LogP contribution < -0.4 is 0 Å². The predicted octanol–water partition coefficient (Wildman–Crippen LogP) is 1.81. The van der Waals surface area contributed by atoms with Gasteiger partial charge in [0.1, 0.15) is 0 Å². The molecule has 0 saturated heterocycles. The lowest BCUT2D eigenvalue weighted by molar-refractivity contribution is 0.151. The van der Waals surface area contributed by atoms with Crippen LogP contribution in [0.5, 0.6) is 0 Å². The third-order valence-electron chi connectivity index (χ3n) is 1.72. The molecule has 0 unspecified atom stereocenters. The highest BCUT2D eigenvalue weighted by molar-refractivity contribution is 9.09. The standard InChI is InChI=1S/C6H11BrO/c1-6(4-8-2)3-5(6)7/h5H,3-4H2,1-2H3/t5-,6+/m0/s1. The van der Waals surface area contributed by atoms with Gasteiger partial charge in [-0.15, -0.1) is 0 Å². The first kappa shape index (κ1) is 6.56. The fourth-order valence-corrected chi connectivity index (χ4v) is 1.70. The van der Waals surface area contributed by atoms with E-state index in [1.165, 1.54) is 6.42 Å². The van der Waals surface area contributed by atoms with Gasteiger partial charge in [-0.05, 0) is 6.42 Å². The molecular weight excluding hydrogens is 168 g/mol. The number of hydrogen-bond acceptors (Lipinski definition) is 1. The van der Waals surface area contributed by atoms with Gasteiger partial charge in [0, 0.05) is 17.4 Å². The van der Waals surface area contributed by atoms with Crippen LogP contribution in [0.2, 0.25) is 0 Å². The van der Waals surface area contributed by atoms with Crippen LogP contribution in [-0.4, -0.2) is 18.5 Å². The average molecular weight is 179 g/mol. The van der Waals surface area contributed by atoms with Crippen molar-refractivity contribution in [3.8, 4) is 0 Å². The van der Waals surface area contributed by atoms with Crippen molar-refractivity contribution in [2.45, 2.75) is 18.2 Å². The van der Waals surface area contributed by atoms with Crippen molar-refractivity contribution in [3.05, 3.63) is 0 Å². The minimum Gasteiger partial charge on any atom is -0.384 e. The first-order valence-electron chi connectivity index (χ1n) is 2.82. The van der Waals surface area contributed by atoms with Crippen LogP contribution in [0, 0.1) is 5.41 Å². The van der Waals surface area contributed by atoms with Gasteiger partial charge in [-0.25, -0.2) is 0 Å². The summed E-state index contributed by atoms with van der Waals surface area (Å²) < 4.78 is 5.01. The van der Waals surface area contributed by atoms with Crippen LogP contribution in [0.25, 0.3) is 0 Å². The zero-order valence-electron chi connectivity index (χ0n) is 5.28. The maximum absolute atomic E-state index is 5.01. The summed E-state index contributed by atoms with van der Waals surface area (Å²) >= 11 is 3.53. The van der Waals surface area contributed by atoms with Gasteiger partial charge in [0.15, 0.2) is 0 Å². The maximum Gasteiger partial charge on any atom is 0.0527 e. The molecule has 1 nitrogen and oxygen atoms in total. The van der Waals surface area contributed by atoms with Crippen LogP contribution >= 0.6 is 15.9 Å². The van der Waals surface area contributed by atoms with Crippen molar-refractivity contribution < 1.29 is 4.74 Å². The van der Waals surface area contributed by atoms with Crippen molar-refractivity contribution in [1.82, 2.24) is 0 Å². The topological polar surface area (TPSA) is 9.23 Å². The van der Waals surface area contributed by atoms with Crippen molar-refractivity contribution in [2.75, 3.05) is 13.7 Å². The monoisotopic (exact) mass is 178 g/mol. The highest BCUT2D eigenvalue weighted by Crippen LogP contribution is 2.50. The summed E-state index contributed by atoms with van der Waals surface area (Å²) in [6.45, 7) is 3.12. The lowest BCUT2D eigenvalue weighted by Gasteiger charge is -2.04. The molecule has 0 aromatic carbocycles. The summed E-state index contributed by atoms with van der Waals surface area (Å²) in [6.07, 6.45) is 1.26. The third-order valence-corrected chi connectivity index (χ3v) is 3.14. The Kier molecular flexibility index (Phi) is 1.63. The SMILES string of the molecule is COC[C@@]1(C)C[C@@H]1Br. The summed E-state index contributed by atoms with van der Waals surface area (Å²) in [5, 5.41) is 0. The molecule has 48 valence electrons. The number of ether oxygens (including phenoxy) is 1. The quantitative estimate of drug-likeness (QED) is 0.587. The summed E-state index contributed by atoms with van der Waals surface area (Å²) in [6, 6.07) is 0.